The van der Waals surface area contributed by atoms with Crippen molar-refractivity contribution in [2.45, 2.75) is 102 Å². The van der Waals surface area contributed by atoms with E-state index >= 15 is 0 Å². The van der Waals surface area contributed by atoms with Crippen LogP contribution in [0.25, 0.3) is 0 Å². The Morgan fingerprint density at radius 1 is 1.13 bits per heavy atom. The number of likely N-dealkylation sites (tertiary alicyclic amines) is 2. The van der Waals surface area contributed by atoms with Gasteiger partial charge < -0.3 is 29.4 Å². The van der Waals surface area contributed by atoms with Crippen LogP contribution in [0.1, 0.15) is 65.7 Å². The number of fused-ring (bicyclic) bond motifs is 2. The topological polar surface area (TPSA) is 108 Å². The molecule has 2 bridgehead atoms. The molecule has 1 aliphatic carbocycles. The van der Waals surface area contributed by atoms with Gasteiger partial charge in [0.1, 0.15) is 6.29 Å². The number of hydrogen-bond donors (Lipinski definition) is 1. The molecule has 9 atom stereocenters. The highest BCUT2D eigenvalue weighted by atomic mass is 16.5. The number of rotatable bonds is 14. The summed E-state index contributed by atoms with van der Waals surface area (Å²) in [5.41, 5.74) is 0. The number of ether oxygens (including phenoxy) is 2. The predicted molar refractivity (Wildman–Crippen MR) is 148 cm³/mol. The SMILES string of the molecule is CCC(C)C(C(CC(=O)N1CCCC1C(OC)C(C)C=O)OC)N(C)C(=O)CNC(=O)C1C2CCC(C2)N1C. The van der Waals surface area contributed by atoms with Crippen LogP contribution in [0.15, 0.2) is 0 Å². The van der Waals surface area contributed by atoms with E-state index in [0.717, 1.165) is 44.8 Å². The van der Waals surface area contributed by atoms with Gasteiger partial charge in [0.05, 0.1) is 43.3 Å². The van der Waals surface area contributed by atoms with Crippen LogP contribution in [0.3, 0.4) is 0 Å². The lowest BCUT2D eigenvalue weighted by molar-refractivity contribution is -0.145. The third-order valence-corrected chi connectivity index (χ3v) is 9.72. The molecule has 10 heteroatoms. The molecule has 2 saturated heterocycles. The molecule has 0 radical (unpaired) electrons. The molecular formula is C29H50N4O6. The van der Waals surface area contributed by atoms with Crippen molar-refractivity contribution in [1.82, 2.24) is 20.0 Å². The third-order valence-electron chi connectivity index (χ3n) is 9.72. The van der Waals surface area contributed by atoms with E-state index in [-0.39, 0.29) is 66.8 Å². The minimum atomic E-state index is -0.514. The van der Waals surface area contributed by atoms with Crippen molar-refractivity contribution in [3.63, 3.8) is 0 Å². The van der Waals surface area contributed by atoms with E-state index in [4.69, 9.17) is 9.47 Å². The Labute approximate surface area is 234 Å². The summed E-state index contributed by atoms with van der Waals surface area (Å²) in [7, 11) is 6.89. The lowest BCUT2D eigenvalue weighted by Crippen LogP contribution is -2.55. The van der Waals surface area contributed by atoms with Crippen molar-refractivity contribution in [2.75, 3.05) is 41.4 Å². The minimum Gasteiger partial charge on any atom is -0.379 e. The number of hydrogen-bond acceptors (Lipinski definition) is 7. The van der Waals surface area contributed by atoms with Gasteiger partial charge in [0.2, 0.25) is 17.7 Å². The molecule has 39 heavy (non-hydrogen) atoms. The molecule has 222 valence electrons. The maximum absolute atomic E-state index is 13.6. The van der Waals surface area contributed by atoms with Gasteiger partial charge in [0, 0.05) is 39.8 Å². The van der Waals surface area contributed by atoms with Gasteiger partial charge >= 0.3 is 0 Å². The Balaban J connectivity index is 1.65. The van der Waals surface area contributed by atoms with Crippen molar-refractivity contribution >= 4 is 24.0 Å². The molecule has 10 nitrogen and oxygen atoms in total. The molecular weight excluding hydrogens is 500 g/mol. The zero-order valence-electron chi connectivity index (χ0n) is 24.9. The fraction of sp³-hybridized carbons (Fsp3) is 0.862. The average Bonchev–Trinajstić information content (AvgIpc) is 3.68. The van der Waals surface area contributed by atoms with E-state index in [1.165, 1.54) is 0 Å². The minimum absolute atomic E-state index is 0.0636. The van der Waals surface area contributed by atoms with Gasteiger partial charge in [-0.15, -0.1) is 0 Å². The molecule has 3 rings (SSSR count). The summed E-state index contributed by atoms with van der Waals surface area (Å²) in [6, 6.07) is -0.203. The summed E-state index contributed by atoms with van der Waals surface area (Å²) < 4.78 is 11.5. The van der Waals surface area contributed by atoms with E-state index in [0.29, 0.717) is 18.5 Å². The van der Waals surface area contributed by atoms with E-state index < -0.39 is 6.10 Å². The van der Waals surface area contributed by atoms with Crippen LogP contribution in [-0.2, 0) is 28.7 Å². The normalized spacial score (nSPS) is 28.5. The zero-order chi connectivity index (χ0) is 28.9. The van der Waals surface area contributed by atoms with Crippen LogP contribution < -0.4 is 5.32 Å². The van der Waals surface area contributed by atoms with Crippen molar-refractivity contribution in [2.24, 2.45) is 17.8 Å². The lowest BCUT2D eigenvalue weighted by Gasteiger charge is -2.39. The van der Waals surface area contributed by atoms with Gasteiger partial charge in [0.15, 0.2) is 0 Å². The Bertz CT molecular complexity index is 869. The molecule has 3 amide bonds. The molecule has 0 aromatic heterocycles. The summed E-state index contributed by atoms with van der Waals surface area (Å²) in [5, 5.41) is 2.89. The number of carbonyl (C=O) groups excluding carboxylic acids is 4. The smallest absolute Gasteiger partial charge is 0.242 e. The molecule has 3 fully saturated rings. The summed E-state index contributed by atoms with van der Waals surface area (Å²) in [4.78, 5) is 56.9. The standard InChI is InChI=1S/C29H50N4O6/c1-8-18(2)26(32(5)25(36)16-30-29(37)27-20-11-12-21(14-20)31(27)4)23(38-6)15-24(35)33-13-9-10-22(33)28(39-7)19(3)17-34/h17-23,26-28H,8-16H2,1-7H3,(H,30,37). The number of carbonyl (C=O) groups is 4. The second kappa shape index (κ2) is 14.0. The van der Waals surface area contributed by atoms with Gasteiger partial charge in [-0.25, -0.2) is 0 Å². The summed E-state index contributed by atoms with van der Waals surface area (Å²) in [5.74, 6) is -0.231. The molecule has 9 unspecified atom stereocenters. The van der Waals surface area contributed by atoms with Crippen molar-refractivity contribution in [3.8, 4) is 0 Å². The number of likely N-dealkylation sites (N-methyl/N-ethyl adjacent to an activating group) is 2. The van der Waals surface area contributed by atoms with E-state index in [2.05, 4.69) is 24.1 Å². The second-order valence-electron chi connectivity index (χ2n) is 11.9. The molecule has 3 aliphatic rings. The number of nitrogens with one attached hydrogen (secondary N) is 1. The Hall–Kier alpha value is -2.04. The van der Waals surface area contributed by atoms with Crippen LogP contribution in [0, 0.1) is 17.8 Å². The molecule has 2 heterocycles. The van der Waals surface area contributed by atoms with Crippen molar-refractivity contribution in [1.29, 1.82) is 0 Å². The first-order valence-electron chi connectivity index (χ1n) is 14.6. The summed E-state index contributed by atoms with van der Waals surface area (Å²) >= 11 is 0. The average molecular weight is 551 g/mol. The molecule has 0 aromatic rings. The number of aldehydes is 1. The first-order chi connectivity index (χ1) is 18.6. The highest BCUT2D eigenvalue weighted by Gasteiger charge is 2.47. The van der Waals surface area contributed by atoms with Crippen molar-refractivity contribution in [3.05, 3.63) is 0 Å². The van der Waals surface area contributed by atoms with Crippen LogP contribution in [-0.4, -0.2) is 116 Å². The van der Waals surface area contributed by atoms with Gasteiger partial charge in [-0.1, -0.05) is 27.2 Å². The molecule has 1 N–H and O–H groups in total. The predicted octanol–water partition coefficient (Wildman–Crippen LogP) is 1.70. The lowest BCUT2D eigenvalue weighted by atomic mass is 9.90. The van der Waals surface area contributed by atoms with Crippen LogP contribution in [0.4, 0.5) is 0 Å². The zero-order valence-corrected chi connectivity index (χ0v) is 24.9. The maximum atomic E-state index is 13.6. The van der Waals surface area contributed by atoms with Gasteiger partial charge in [-0.3, -0.25) is 19.3 Å². The molecule has 0 aromatic carbocycles. The molecule has 2 aliphatic heterocycles. The van der Waals surface area contributed by atoms with Crippen LogP contribution in [0.5, 0.6) is 0 Å². The molecule has 1 saturated carbocycles. The number of amides is 3. The monoisotopic (exact) mass is 550 g/mol. The maximum Gasteiger partial charge on any atom is 0.242 e. The fourth-order valence-electron chi connectivity index (χ4n) is 7.28. The number of methoxy groups -OCH3 is 2. The second-order valence-corrected chi connectivity index (χ2v) is 11.9. The van der Waals surface area contributed by atoms with E-state index in [1.54, 1.807) is 26.2 Å². The van der Waals surface area contributed by atoms with Crippen LogP contribution >= 0.6 is 0 Å². The first-order valence-corrected chi connectivity index (χ1v) is 14.6. The number of nitrogens with zero attached hydrogens (tertiary/aromatic N) is 3. The molecule has 0 spiro atoms. The summed E-state index contributed by atoms with van der Waals surface area (Å²) in [6.07, 6.45) is 5.82. The number of piperidine rings is 1. The quantitative estimate of drug-likeness (QED) is 0.328. The fourth-order valence-corrected chi connectivity index (χ4v) is 7.28. The largest absolute Gasteiger partial charge is 0.379 e. The first kappa shape index (κ1) is 31.5. The van der Waals surface area contributed by atoms with Gasteiger partial charge in [-0.05, 0) is 51.0 Å². The van der Waals surface area contributed by atoms with Gasteiger partial charge in [0.25, 0.3) is 0 Å². The third kappa shape index (κ3) is 6.82. The van der Waals surface area contributed by atoms with Crippen LogP contribution in [0.2, 0.25) is 0 Å². The highest BCUT2D eigenvalue weighted by Crippen LogP contribution is 2.41. The Kier molecular flexibility index (Phi) is 11.3. The van der Waals surface area contributed by atoms with Gasteiger partial charge in [-0.2, -0.15) is 0 Å². The Morgan fingerprint density at radius 2 is 1.85 bits per heavy atom. The van der Waals surface area contributed by atoms with E-state index in [9.17, 15) is 19.2 Å². The summed E-state index contributed by atoms with van der Waals surface area (Å²) in [6.45, 7) is 6.45. The van der Waals surface area contributed by atoms with Crippen molar-refractivity contribution < 1.29 is 28.7 Å². The Morgan fingerprint density at radius 3 is 2.41 bits per heavy atom. The van der Waals surface area contributed by atoms with E-state index in [1.807, 2.05) is 18.9 Å². The highest BCUT2D eigenvalue weighted by molar-refractivity contribution is 5.88.